The summed E-state index contributed by atoms with van der Waals surface area (Å²) in [4.78, 5) is 0. The Balaban J connectivity index is 3.18. The molecule has 0 amide bonds. The van der Waals surface area contributed by atoms with Crippen molar-refractivity contribution in [3.05, 3.63) is 12.2 Å². The summed E-state index contributed by atoms with van der Waals surface area (Å²) in [6.07, 6.45) is 10.8. The molecule has 0 N–H and O–H groups in total. The van der Waals surface area contributed by atoms with Crippen LogP contribution >= 0.6 is 0 Å². The van der Waals surface area contributed by atoms with Crippen LogP contribution in [0.1, 0.15) is 52.4 Å². The number of hydrogen-bond acceptors (Lipinski definition) is 2. The number of rotatable bonds is 9. The molecule has 0 fully saturated rings. The van der Waals surface area contributed by atoms with E-state index in [-0.39, 0.29) is 6.10 Å². The first-order chi connectivity index (χ1) is 7.35. The predicted molar refractivity (Wildman–Crippen MR) is 63.5 cm³/mol. The zero-order valence-electron chi connectivity index (χ0n) is 10.0. The molecule has 86 valence electrons. The average molecular weight is 209 g/mol. The molecule has 0 saturated carbocycles. The Bertz CT molecular complexity index is 193. The van der Waals surface area contributed by atoms with Crippen LogP contribution < -0.4 is 0 Å². The molecule has 0 rings (SSSR count). The highest BCUT2D eigenvalue weighted by molar-refractivity contribution is 4.82. The van der Waals surface area contributed by atoms with Gasteiger partial charge in [-0.25, -0.2) is 0 Å². The molecule has 0 bridgehead atoms. The highest BCUT2D eigenvalue weighted by Gasteiger charge is 2.02. The zero-order valence-corrected chi connectivity index (χ0v) is 10.0. The Morgan fingerprint density at radius 3 is 2.60 bits per heavy atom. The van der Waals surface area contributed by atoms with Crippen LogP contribution in [0.5, 0.6) is 0 Å². The third kappa shape index (κ3) is 9.49. The molecule has 0 aromatic heterocycles. The van der Waals surface area contributed by atoms with Gasteiger partial charge in [0.2, 0.25) is 0 Å². The maximum atomic E-state index is 8.64. The molecule has 1 unspecified atom stereocenters. The fraction of sp³-hybridized carbons (Fsp3) is 0.769. The first-order valence-electron chi connectivity index (χ1n) is 6.01. The second kappa shape index (κ2) is 11.3. The standard InChI is InChI=1S/C13H23NO/c1-3-5-6-7-8-9-10-11-15-13(4-2)12-14/h5-6,13H,3-4,7-11H2,1-2H3/b6-5-. The Kier molecular flexibility index (Phi) is 10.7. The van der Waals surface area contributed by atoms with Gasteiger partial charge in [0.05, 0.1) is 6.07 Å². The van der Waals surface area contributed by atoms with Crippen molar-refractivity contribution >= 4 is 0 Å². The van der Waals surface area contributed by atoms with Crippen molar-refractivity contribution in [1.82, 2.24) is 0 Å². The van der Waals surface area contributed by atoms with Gasteiger partial charge in [0.25, 0.3) is 0 Å². The van der Waals surface area contributed by atoms with Crippen LogP contribution in [0.2, 0.25) is 0 Å². The maximum absolute atomic E-state index is 8.64. The van der Waals surface area contributed by atoms with Gasteiger partial charge in [-0.15, -0.1) is 0 Å². The van der Waals surface area contributed by atoms with Crippen molar-refractivity contribution < 1.29 is 4.74 Å². The van der Waals surface area contributed by atoms with Gasteiger partial charge < -0.3 is 4.74 Å². The zero-order chi connectivity index (χ0) is 11.4. The van der Waals surface area contributed by atoms with Gasteiger partial charge in [-0.05, 0) is 32.1 Å². The van der Waals surface area contributed by atoms with E-state index in [2.05, 4.69) is 25.1 Å². The Morgan fingerprint density at radius 2 is 2.00 bits per heavy atom. The molecule has 0 spiro atoms. The summed E-state index contributed by atoms with van der Waals surface area (Å²) in [6.45, 7) is 4.85. The van der Waals surface area contributed by atoms with E-state index in [4.69, 9.17) is 10.00 Å². The lowest BCUT2D eigenvalue weighted by molar-refractivity contribution is 0.0844. The smallest absolute Gasteiger partial charge is 0.143 e. The summed E-state index contributed by atoms with van der Waals surface area (Å²) >= 11 is 0. The first-order valence-corrected chi connectivity index (χ1v) is 6.01. The molecule has 15 heavy (non-hydrogen) atoms. The summed E-state index contributed by atoms with van der Waals surface area (Å²) in [7, 11) is 0. The van der Waals surface area contributed by atoms with Crippen molar-refractivity contribution in [1.29, 1.82) is 5.26 Å². The number of nitrogens with zero attached hydrogens (tertiary/aromatic N) is 1. The third-order valence-electron chi connectivity index (χ3n) is 2.25. The molecule has 2 nitrogen and oxygen atoms in total. The highest BCUT2D eigenvalue weighted by Crippen LogP contribution is 2.03. The van der Waals surface area contributed by atoms with E-state index < -0.39 is 0 Å². The van der Waals surface area contributed by atoms with Crippen molar-refractivity contribution in [2.75, 3.05) is 6.61 Å². The third-order valence-corrected chi connectivity index (χ3v) is 2.25. The van der Waals surface area contributed by atoms with Crippen LogP contribution in [0.15, 0.2) is 12.2 Å². The quantitative estimate of drug-likeness (QED) is 0.427. The fourth-order valence-corrected chi connectivity index (χ4v) is 1.30. The predicted octanol–water partition coefficient (Wildman–Crippen LogP) is 3.83. The van der Waals surface area contributed by atoms with Crippen LogP contribution in [0, 0.1) is 11.3 Å². The molecule has 0 aromatic rings. The van der Waals surface area contributed by atoms with Crippen molar-refractivity contribution in [3.63, 3.8) is 0 Å². The molecule has 0 aromatic carbocycles. The summed E-state index contributed by atoms with van der Waals surface area (Å²) in [5, 5.41) is 8.64. The monoisotopic (exact) mass is 209 g/mol. The molecule has 0 aliphatic heterocycles. The number of nitriles is 1. The number of allylic oxidation sites excluding steroid dienone is 2. The minimum Gasteiger partial charge on any atom is -0.363 e. The van der Waals surface area contributed by atoms with E-state index in [0.29, 0.717) is 0 Å². The van der Waals surface area contributed by atoms with E-state index in [1.54, 1.807) is 0 Å². The van der Waals surface area contributed by atoms with Crippen LogP contribution in [-0.2, 0) is 4.74 Å². The van der Waals surface area contributed by atoms with E-state index in [0.717, 1.165) is 25.9 Å². The first kappa shape index (κ1) is 14.2. The number of ether oxygens (including phenoxy) is 1. The molecular formula is C13H23NO. The van der Waals surface area contributed by atoms with Gasteiger partial charge in [-0.3, -0.25) is 0 Å². The van der Waals surface area contributed by atoms with Crippen LogP contribution in [0.25, 0.3) is 0 Å². The van der Waals surface area contributed by atoms with Gasteiger partial charge in [-0.2, -0.15) is 5.26 Å². The van der Waals surface area contributed by atoms with E-state index in [1.807, 2.05) is 6.92 Å². The molecule has 0 heterocycles. The van der Waals surface area contributed by atoms with Gasteiger partial charge in [-0.1, -0.05) is 32.4 Å². The lowest BCUT2D eigenvalue weighted by Gasteiger charge is -2.07. The summed E-state index contributed by atoms with van der Waals surface area (Å²) in [6, 6.07) is 2.14. The molecule has 1 atom stereocenters. The van der Waals surface area contributed by atoms with Crippen molar-refractivity contribution in [3.8, 4) is 6.07 Å². The lowest BCUT2D eigenvalue weighted by Crippen LogP contribution is -2.09. The second-order valence-corrected chi connectivity index (χ2v) is 3.63. The van der Waals surface area contributed by atoms with Gasteiger partial charge in [0, 0.05) is 6.61 Å². The van der Waals surface area contributed by atoms with E-state index in [9.17, 15) is 0 Å². The molecular weight excluding hydrogens is 186 g/mol. The highest BCUT2D eigenvalue weighted by atomic mass is 16.5. The van der Waals surface area contributed by atoms with Crippen LogP contribution in [0.4, 0.5) is 0 Å². The van der Waals surface area contributed by atoms with Gasteiger partial charge in [0.15, 0.2) is 0 Å². The maximum Gasteiger partial charge on any atom is 0.143 e. The van der Waals surface area contributed by atoms with Crippen molar-refractivity contribution in [2.24, 2.45) is 0 Å². The Hall–Kier alpha value is -0.810. The second-order valence-electron chi connectivity index (χ2n) is 3.63. The molecule has 2 heteroatoms. The van der Waals surface area contributed by atoms with Crippen LogP contribution in [-0.4, -0.2) is 12.7 Å². The Morgan fingerprint density at radius 1 is 1.20 bits per heavy atom. The SMILES string of the molecule is CC/C=C\CCCCCOC(C#N)CC. The fourth-order valence-electron chi connectivity index (χ4n) is 1.30. The van der Waals surface area contributed by atoms with Gasteiger partial charge >= 0.3 is 0 Å². The lowest BCUT2D eigenvalue weighted by atomic mass is 10.2. The number of hydrogen-bond donors (Lipinski definition) is 0. The van der Waals surface area contributed by atoms with Gasteiger partial charge in [0.1, 0.15) is 6.10 Å². The summed E-state index contributed by atoms with van der Waals surface area (Å²) < 4.78 is 5.39. The summed E-state index contributed by atoms with van der Waals surface area (Å²) in [5.74, 6) is 0. The minimum absolute atomic E-state index is 0.204. The largest absolute Gasteiger partial charge is 0.363 e. The van der Waals surface area contributed by atoms with E-state index >= 15 is 0 Å². The summed E-state index contributed by atoms with van der Waals surface area (Å²) in [5.41, 5.74) is 0. The van der Waals surface area contributed by atoms with Crippen molar-refractivity contribution in [2.45, 2.75) is 58.5 Å². The topological polar surface area (TPSA) is 33.0 Å². The molecule has 0 aliphatic rings. The number of unbranched alkanes of at least 4 members (excludes halogenated alkanes) is 3. The average Bonchev–Trinajstić information content (AvgIpc) is 2.27. The van der Waals surface area contributed by atoms with E-state index in [1.165, 1.54) is 19.3 Å². The van der Waals surface area contributed by atoms with Crippen LogP contribution in [0.3, 0.4) is 0 Å². The molecule has 0 radical (unpaired) electrons. The normalized spacial score (nSPS) is 12.9. The molecule has 0 aliphatic carbocycles. The molecule has 0 saturated heterocycles. The minimum atomic E-state index is -0.204. The Labute approximate surface area is 93.9 Å².